The maximum absolute atomic E-state index is 10.0. The van der Waals surface area contributed by atoms with Crippen molar-refractivity contribution in [3.63, 3.8) is 0 Å². The molecule has 3 aromatic rings. The molecule has 1 aromatic heterocycles. The van der Waals surface area contributed by atoms with E-state index in [1.54, 1.807) is 7.11 Å². The van der Waals surface area contributed by atoms with Crippen LogP contribution in [0.15, 0.2) is 54.6 Å². The first-order valence-electron chi connectivity index (χ1n) is 10.5. The Hall–Kier alpha value is -2.48. The number of likely N-dealkylation sites (tertiary alicyclic amines) is 1. The zero-order valence-electron chi connectivity index (χ0n) is 17.3. The zero-order valence-corrected chi connectivity index (χ0v) is 18.1. The van der Waals surface area contributed by atoms with Crippen molar-refractivity contribution >= 4 is 12.2 Å². The van der Waals surface area contributed by atoms with E-state index in [1.165, 1.54) is 10.5 Å². The molecule has 0 bridgehead atoms. The van der Waals surface area contributed by atoms with Crippen LogP contribution in [0.2, 0.25) is 0 Å². The van der Waals surface area contributed by atoms with Gasteiger partial charge in [-0.15, -0.1) is 5.10 Å². The highest BCUT2D eigenvalue weighted by atomic mass is 32.1. The SMILES string of the molecule is COc1ccc(-c2nn(C[NH+]3CCC[C@@H](O)C3)c(=S)n2CCc2ccccc2)cc1. The third-order valence-corrected chi connectivity index (χ3v) is 6.13. The monoisotopic (exact) mass is 425 g/mol. The highest BCUT2D eigenvalue weighted by Crippen LogP contribution is 2.22. The van der Waals surface area contributed by atoms with Gasteiger partial charge in [-0.2, -0.15) is 4.68 Å². The van der Waals surface area contributed by atoms with E-state index in [2.05, 4.69) is 28.8 Å². The Morgan fingerprint density at radius 3 is 2.63 bits per heavy atom. The van der Waals surface area contributed by atoms with Crippen LogP contribution >= 0.6 is 12.2 Å². The summed E-state index contributed by atoms with van der Waals surface area (Å²) in [6.07, 6.45) is 2.57. The predicted molar refractivity (Wildman–Crippen MR) is 119 cm³/mol. The first-order chi connectivity index (χ1) is 14.6. The number of aliphatic hydroxyl groups is 1. The lowest BCUT2D eigenvalue weighted by Gasteiger charge is -2.26. The lowest BCUT2D eigenvalue weighted by Crippen LogP contribution is -3.13. The van der Waals surface area contributed by atoms with Gasteiger partial charge in [-0.3, -0.25) is 4.57 Å². The molecule has 2 N–H and O–H groups in total. The van der Waals surface area contributed by atoms with Crippen LogP contribution in [0.4, 0.5) is 0 Å². The Bertz CT molecular complexity index is 1010. The molecular formula is C23H29N4O2S+. The number of aromatic nitrogens is 3. The molecule has 0 amide bonds. The Kier molecular flexibility index (Phi) is 6.62. The molecule has 158 valence electrons. The number of methoxy groups -OCH3 is 1. The fourth-order valence-electron chi connectivity index (χ4n) is 4.07. The summed E-state index contributed by atoms with van der Waals surface area (Å²) in [5.41, 5.74) is 2.29. The van der Waals surface area contributed by atoms with E-state index in [4.69, 9.17) is 22.1 Å². The highest BCUT2D eigenvalue weighted by molar-refractivity contribution is 7.71. The van der Waals surface area contributed by atoms with Gasteiger partial charge in [-0.05, 0) is 61.3 Å². The van der Waals surface area contributed by atoms with Crippen molar-refractivity contribution in [2.24, 2.45) is 0 Å². The number of hydrogen-bond donors (Lipinski definition) is 2. The van der Waals surface area contributed by atoms with Crippen molar-refractivity contribution in [3.05, 3.63) is 64.9 Å². The summed E-state index contributed by atoms with van der Waals surface area (Å²) >= 11 is 5.84. The van der Waals surface area contributed by atoms with Crippen LogP contribution < -0.4 is 9.64 Å². The molecule has 2 heterocycles. The van der Waals surface area contributed by atoms with E-state index in [0.29, 0.717) is 6.67 Å². The third kappa shape index (κ3) is 4.80. The number of piperidine rings is 1. The quantitative estimate of drug-likeness (QED) is 0.571. The van der Waals surface area contributed by atoms with Crippen molar-refractivity contribution in [3.8, 4) is 17.1 Å². The van der Waals surface area contributed by atoms with Gasteiger partial charge in [0.2, 0.25) is 4.77 Å². The number of benzene rings is 2. The van der Waals surface area contributed by atoms with Crippen molar-refractivity contribution in [1.29, 1.82) is 0 Å². The largest absolute Gasteiger partial charge is 0.497 e. The summed E-state index contributed by atoms with van der Waals surface area (Å²) in [6.45, 7) is 3.23. The minimum absolute atomic E-state index is 0.232. The normalized spacial score (nSPS) is 19.0. The van der Waals surface area contributed by atoms with Gasteiger partial charge in [0.25, 0.3) is 0 Å². The highest BCUT2D eigenvalue weighted by Gasteiger charge is 2.23. The van der Waals surface area contributed by atoms with Gasteiger partial charge >= 0.3 is 0 Å². The molecule has 1 fully saturated rings. The fraction of sp³-hybridized carbons (Fsp3) is 0.391. The Labute approximate surface area is 182 Å². The first kappa shape index (κ1) is 20.8. The average molecular weight is 426 g/mol. The molecule has 7 heteroatoms. The maximum atomic E-state index is 10.0. The first-order valence-corrected chi connectivity index (χ1v) is 10.9. The van der Waals surface area contributed by atoms with Gasteiger partial charge in [-0.1, -0.05) is 30.3 Å². The van der Waals surface area contributed by atoms with Crippen LogP contribution in [0, 0.1) is 4.77 Å². The molecule has 0 spiro atoms. The average Bonchev–Trinajstić information content (AvgIpc) is 3.08. The topological polar surface area (TPSA) is 56.6 Å². The van der Waals surface area contributed by atoms with Crippen LogP contribution in [0.3, 0.4) is 0 Å². The van der Waals surface area contributed by atoms with Gasteiger partial charge in [0, 0.05) is 12.1 Å². The molecule has 1 unspecified atom stereocenters. The standard InChI is InChI=1S/C23H28N4O2S/c1-29-21-11-9-19(10-12-21)22-24-27(17-25-14-5-8-20(28)16-25)23(30)26(22)15-13-18-6-3-2-4-7-18/h2-4,6-7,9-12,20,28H,5,8,13-17H2,1H3/p+1/t20-/m1/s1. The van der Waals surface area contributed by atoms with Gasteiger partial charge in [-0.25, -0.2) is 0 Å². The fourth-order valence-corrected chi connectivity index (χ4v) is 4.35. The predicted octanol–water partition coefficient (Wildman–Crippen LogP) is 2.33. The molecule has 2 aromatic carbocycles. The summed E-state index contributed by atoms with van der Waals surface area (Å²) in [5.74, 6) is 1.69. The van der Waals surface area contributed by atoms with Gasteiger partial charge in [0.15, 0.2) is 12.5 Å². The van der Waals surface area contributed by atoms with Crippen molar-refractivity contribution in [2.45, 2.75) is 38.6 Å². The molecule has 6 nitrogen and oxygen atoms in total. The number of hydrogen-bond acceptors (Lipinski definition) is 4. The van der Waals surface area contributed by atoms with Crippen molar-refractivity contribution < 1.29 is 14.7 Å². The molecule has 1 saturated heterocycles. The van der Waals surface area contributed by atoms with E-state index >= 15 is 0 Å². The lowest BCUT2D eigenvalue weighted by atomic mass is 10.1. The summed E-state index contributed by atoms with van der Waals surface area (Å²) in [4.78, 5) is 1.32. The van der Waals surface area contributed by atoms with E-state index in [9.17, 15) is 5.11 Å². The number of aliphatic hydroxyl groups excluding tert-OH is 1. The Morgan fingerprint density at radius 2 is 1.93 bits per heavy atom. The molecule has 0 radical (unpaired) electrons. The smallest absolute Gasteiger partial charge is 0.203 e. The second-order valence-corrected chi connectivity index (χ2v) is 8.24. The number of ether oxygens (including phenoxy) is 1. The van der Waals surface area contributed by atoms with Crippen LogP contribution in [-0.4, -0.2) is 45.8 Å². The number of quaternary nitrogens is 1. The number of nitrogens with one attached hydrogen (secondary N) is 1. The van der Waals surface area contributed by atoms with Gasteiger partial charge < -0.3 is 14.7 Å². The number of rotatable bonds is 7. The summed E-state index contributed by atoms with van der Waals surface area (Å²) in [5, 5.41) is 14.9. The van der Waals surface area contributed by atoms with E-state index < -0.39 is 0 Å². The van der Waals surface area contributed by atoms with Crippen molar-refractivity contribution in [1.82, 2.24) is 14.3 Å². The zero-order chi connectivity index (χ0) is 20.9. The molecule has 4 rings (SSSR count). The molecular weight excluding hydrogens is 396 g/mol. The van der Waals surface area contributed by atoms with Gasteiger partial charge in [0.1, 0.15) is 18.4 Å². The lowest BCUT2D eigenvalue weighted by molar-refractivity contribution is -0.931. The Morgan fingerprint density at radius 1 is 1.17 bits per heavy atom. The van der Waals surface area contributed by atoms with Crippen LogP contribution in [0.5, 0.6) is 5.75 Å². The van der Waals surface area contributed by atoms with Crippen LogP contribution in [-0.2, 0) is 19.6 Å². The minimum atomic E-state index is -0.232. The third-order valence-electron chi connectivity index (χ3n) is 5.70. The summed E-state index contributed by atoms with van der Waals surface area (Å²) in [7, 11) is 1.67. The second-order valence-electron chi connectivity index (χ2n) is 7.88. The van der Waals surface area contributed by atoms with Gasteiger partial charge in [0.05, 0.1) is 13.7 Å². The number of nitrogens with zero attached hydrogens (tertiary/aromatic N) is 3. The Balaban J connectivity index is 1.64. The minimum Gasteiger partial charge on any atom is -0.497 e. The van der Waals surface area contributed by atoms with E-state index in [0.717, 1.165) is 60.8 Å². The second kappa shape index (κ2) is 9.55. The molecule has 0 aliphatic carbocycles. The molecule has 2 atom stereocenters. The van der Waals surface area contributed by atoms with E-state index in [-0.39, 0.29) is 6.10 Å². The summed E-state index contributed by atoms with van der Waals surface area (Å²) < 4.78 is 10.1. The molecule has 1 aliphatic rings. The van der Waals surface area contributed by atoms with E-state index in [1.807, 2.05) is 35.0 Å². The van der Waals surface area contributed by atoms with Crippen LogP contribution in [0.25, 0.3) is 11.4 Å². The molecule has 0 saturated carbocycles. The maximum Gasteiger partial charge on any atom is 0.203 e. The van der Waals surface area contributed by atoms with Crippen LogP contribution in [0.1, 0.15) is 18.4 Å². The summed E-state index contributed by atoms with van der Waals surface area (Å²) in [6, 6.07) is 18.4. The molecule has 1 aliphatic heterocycles. The van der Waals surface area contributed by atoms with Crippen molar-refractivity contribution in [2.75, 3.05) is 20.2 Å². The number of aryl methyl sites for hydroxylation is 1. The molecule has 30 heavy (non-hydrogen) atoms.